The number of hydrogen-bond acceptors (Lipinski definition) is 6. The molecule has 0 bridgehead atoms. The van der Waals surface area contributed by atoms with Gasteiger partial charge in [-0.05, 0) is 71.9 Å². The molecule has 1 saturated carbocycles. The van der Waals surface area contributed by atoms with E-state index in [1.807, 2.05) is 97.1 Å². The Morgan fingerprint density at radius 3 is 2.13 bits per heavy atom. The number of Topliss-reactive ketones (excluding diaryl/α,β-unsaturated/α-hetero) is 1. The molecule has 2 fully saturated rings. The van der Waals surface area contributed by atoms with Gasteiger partial charge >= 0.3 is 0 Å². The Balaban J connectivity index is 1.22. The van der Waals surface area contributed by atoms with Gasteiger partial charge < -0.3 is 9.84 Å². The Hall–Kier alpha value is -6.05. The highest BCUT2D eigenvalue weighted by atomic mass is 35.5. The third-order valence-corrected chi connectivity index (χ3v) is 12.3. The fraction of sp³-hybridized carbons (Fsp3) is 0.191. The molecule has 4 aliphatic rings. The fourth-order valence-electron chi connectivity index (χ4n) is 9.66. The van der Waals surface area contributed by atoms with Crippen molar-refractivity contribution in [2.45, 2.75) is 30.8 Å². The number of phenolic OH excluding ortho intramolecular Hbond substituents is 1. The summed E-state index contributed by atoms with van der Waals surface area (Å²) in [6.45, 7) is 0.287. The van der Waals surface area contributed by atoms with E-state index >= 15 is 9.59 Å². The summed E-state index contributed by atoms with van der Waals surface area (Å²) in [7, 11) is 0. The number of benzene rings is 5. The number of aromatic hydroxyl groups is 1. The normalized spacial score (nSPS) is 25.8. The van der Waals surface area contributed by atoms with Gasteiger partial charge in [-0.2, -0.15) is 0 Å². The van der Waals surface area contributed by atoms with Crippen molar-refractivity contribution in [3.8, 4) is 11.5 Å². The van der Waals surface area contributed by atoms with Gasteiger partial charge in [-0.15, -0.1) is 0 Å². The van der Waals surface area contributed by atoms with Crippen LogP contribution in [0.15, 0.2) is 151 Å². The molecule has 0 aromatic heterocycles. The maximum Gasteiger partial charge on any atom is 0.238 e. The fourth-order valence-corrected chi connectivity index (χ4v) is 9.79. The van der Waals surface area contributed by atoms with Crippen molar-refractivity contribution in [3.63, 3.8) is 0 Å². The number of fused-ring (bicyclic) bond motifs is 4. The number of anilines is 1. The maximum absolute atomic E-state index is 15.3. The molecule has 9 rings (SSSR count). The zero-order valence-electron chi connectivity index (χ0n) is 29.7. The first-order valence-electron chi connectivity index (χ1n) is 18.5. The first-order chi connectivity index (χ1) is 26.8. The van der Waals surface area contributed by atoms with Crippen LogP contribution in [0.3, 0.4) is 0 Å². The molecule has 6 atom stereocenters. The minimum absolute atomic E-state index is 0.0945. The molecule has 1 aliphatic heterocycles. The summed E-state index contributed by atoms with van der Waals surface area (Å²) in [6.07, 6.45) is 3.89. The summed E-state index contributed by atoms with van der Waals surface area (Å²) in [5, 5.41) is 12.5. The number of ketones is 2. The summed E-state index contributed by atoms with van der Waals surface area (Å²) >= 11 is 6.17. The standard InChI is InChI=1S/C47H36ClNO6/c48-31-16-18-32(19-17-31)49-45(53)36-23-22-34-38(42(36)46(49)54)25-39-44(52)37(29-12-6-2-7-13-29)26-41(51)47(39,30-14-8-3-9-15-30)43(34)35-21-20-33(24-40(35)50)55-27-28-10-4-1-5-11-28/h1-22,24,26,36,38-39,42-43,50H,23,25,27H2. The second kappa shape index (κ2) is 13.7. The van der Waals surface area contributed by atoms with E-state index in [0.29, 0.717) is 38.7 Å². The molecule has 0 radical (unpaired) electrons. The first kappa shape index (κ1) is 34.7. The van der Waals surface area contributed by atoms with Crippen LogP contribution in [-0.2, 0) is 31.2 Å². The predicted octanol–water partition coefficient (Wildman–Crippen LogP) is 8.65. The van der Waals surface area contributed by atoms with E-state index < -0.39 is 35.0 Å². The summed E-state index contributed by atoms with van der Waals surface area (Å²) in [5.74, 6) is -4.54. The Bertz CT molecular complexity index is 2410. The second-order valence-corrected chi connectivity index (χ2v) is 15.2. The van der Waals surface area contributed by atoms with E-state index in [-0.39, 0.29) is 48.6 Å². The van der Waals surface area contributed by atoms with E-state index in [4.69, 9.17) is 16.3 Å². The lowest BCUT2D eigenvalue weighted by atomic mass is 9.44. The minimum Gasteiger partial charge on any atom is -0.508 e. The number of hydrogen-bond donors (Lipinski definition) is 1. The Morgan fingerprint density at radius 2 is 1.44 bits per heavy atom. The molecule has 55 heavy (non-hydrogen) atoms. The molecule has 8 heteroatoms. The van der Waals surface area contributed by atoms with E-state index in [9.17, 15) is 14.7 Å². The molecular formula is C47H36ClNO6. The van der Waals surface area contributed by atoms with Gasteiger partial charge in [0.2, 0.25) is 11.8 Å². The van der Waals surface area contributed by atoms with Crippen LogP contribution in [-0.4, -0.2) is 28.5 Å². The number of phenols is 1. The molecular weight excluding hydrogens is 710 g/mol. The summed E-state index contributed by atoms with van der Waals surface area (Å²) in [4.78, 5) is 60.4. The SMILES string of the molecule is O=C1C(c2ccccc2)=CC(=O)C2(c3ccccc3)C1CC1C(=CCC3C(=O)N(c4ccc(Cl)cc4)C(=O)C31)C2c1ccc(OCc2ccccc2)cc1O. The van der Waals surface area contributed by atoms with Crippen molar-refractivity contribution in [1.29, 1.82) is 0 Å². The molecule has 2 amide bonds. The van der Waals surface area contributed by atoms with Crippen molar-refractivity contribution in [2.24, 2.45) is 23.7 Å². The third-order valence-electron chi connectivity index (χ3n) is 12.0. The molecule has 7 nitrogen and oxygen atoms in total. The van der Waals surface area contributed by atoms with Gasteiger partial charge in [0.1, 0.15) is 18.1 Å². The van der Waals surface area contributed by atoms with Crippen LogP contribution in [0.2, 0.25) is 5.02 Å². The van der Waals surface area contributed by atoms with Gasteiger partial charge in [0.25, 0.3) is 0 Å². The number of rotatable bonds is 7. The number of ether oxygens (including phenoxy) is 1. The van der Waals surface area contributed by atoms with Crippen LogP contribution in [0.25, 0.3) is 5.57 Å². The average Bonchev–Trinajstić information content (AvgIpc) is 3.48. The largest absolute Gasteiger partial charge is 0.508 e. The van der Waals surface area contributed by atoms with E-state index in [0.717, 1.165) is 11.1 Å². The number of imide groups is 1. The highest BCUT2D eigenvalue weighted by Crippen LogP contribution is 2.64. The molecule has 3 aliphatic carbocycles. The van der Waals surface area contributed by atoms with Crippen LogP contribution < -0.4 is 9.64 Å². The molecule has 6 unspecified atom stereocenters. The summed E-state index contributed by atoms with van der Waals surface area (Å²) in [5.41, 5.74) is 2.74. The van der Waals surface area contributed by atoms with Crippen molar-refractivity contribution in [3.05, 3.63) is 178 Å². The monoisotopic (exact) mass is 745 g/mol. The lowest BCUT2D eigenvalue weighted by Crippen LogP contribution is -2.58. The quantitative estimate of drug-likeness (QED) is 0.132. The number of carbonyl (C=O) groups is 4. The van der Waals surface area contributed by atoms with Crippen molar-refractivity contribution < 1.29 is 29.0 Å². The number of amides is 2. The van der Waals surface area contributed by atoms with Gasteiger partial charge in [0, 0.05) is 34.1 Å². The van der Waals surface area contributed by atoms with Crippen LogP contribution in [0.5, 0.6) is 11.5 Å². The zero-order valence-corrected chi connectivity index (χ0v) is 30.4. The molecule has 1 N–H and O–H groups in total. The molecule has 272 valence electrons. The van der Waals surface area contributed by atoms with Crippen molar-refractivity contribution in [2.75, 3.05) is 4.90 Å². The average molecular weight is 746 g/mol. The molecule has 5 aromatic carbocycles. The number of nitrogens with zero attached hydrogens (tertiary/aromatic N) is 1. The van der Waals surface area contributed by atoms with Gasteiger partial charge in [-0.1, -0.05) is 120 Å². The van der Waals surface area contributed by atoms with Crippen LogP contribution in [0, 0.1) is 23.7 Å². The van der Waals surface area contributed by atoms with Crippen LogP contribution >= 0.6 is 11.6 Å². The van der Waals surface area contributed by atoms with Crippen LogP contribution in [0.4, 0.5) is 5.69 Å². The Kier molecular flexibility index (Phi) is 8.62. The van der Waals surface area contributed by atoms with Gasteiger partial charge in [-0.3, -0.25) is 24.1 Å². The smallest absolute Gasteiger partial charge is 0.238 e. The topological polar surface area (TPSA) is 101 Å². The Labute approximate surface area is 323 Å². The van der Waals surface area contributed by atoms with E-state index in [1.54, 1.807) is 42.5 Å². The third kappa shape index (κ3) is 5.56. The van der Waals surface area contributed by atoms with Crippen LogP contribution in [0.1, 0.15) is 41.0 Å². The number of halogens is 1. The van der Waals surface area contributed by atoms with Gasteiger partial charge in [0.15, 0.2) is 11.6 Å². The van der Waals surface area contributed by atoms with Gasteiger partial charge in [0.05, 0.1) is 22.9 Å². The Morgan fingerprint density at radius 1 is 0.764 bits per heavy atom. The number of allylic oxidation sites excluding steroid dienone is 4. The maximum atomic E-state index is 15.3. The lowest BCUT2D eigenvalue weighted by Gasteiger charge is -2.55. The summed E-state index contributed by atoms with van der Waals surface area (Å²) in [6, 6.07) is 39.9. The van der Waals surface area contributed by atoms with E-state index in [1.165, 1.54) is 11.0 Å². The van der Waals surface area contributed by atoms with Crippen molar-refractivity contribution >= 4 is 46.2 Å². The molecule has 1 saturated heterocycles. The zero-order chi connectivity index (χ0) is 37.8. The van der Waals surface area contributed by atoms with E-state index in [2.05, 4.69) is 0 Å². The van der Waals surface area contributed by atoms with Crippen molar-refractivity contribution in [1.82, 2.24) is 0 Å². The molecule has 1 heterocycles. The lowest BCUT2D eigenvalue weighted by molar-refractivity contribution is -0.135. The highest BCUT2D eigenvalue weighted by molar-refractivity contribution is 6.32. The molecule has 5 aromatic rings. The highest BCUT2D eigenvalue weighted by Gasteiger charge is 2.66. The first-order valence-corrected chi connectivity index (χ1v) is 18.9. The predicted molar refractivity (Wildman–Crippen MR) is 209 cm³/mol. The second-order valence-electron chi connectivity index (χ2n) is 14.8. The minimum atomic E-state index is -1.46. The molecule has 0 spiro atoms. The number of carbonyl (C=O) groups excluding carboxylic acids is 4. The summed E-state index contributed by atoms with van der Waals surface area (Å²) < 4.78 is 6.08. The van der Waals surface area contributed by atoms with Gasteiger partial charge in [-0.25, -0.2) is 0 Å².